The Morgan fingerprint density at radius 3 is 2.05 bits per heavy atom. The Balaban J connectivity index is 2.32. The van der Waals surface area contributed by atoms with Crippen molar-refractivity contribution in [1.82, 2.24) is 10.6 Å². The maximum atomic E-state index is 13.3. The van der Waals surface area contributed by atoms with Gasteiger partial charge in [0, 0.05) is 18.3 Å². The monoisotopic (exact) mass is 516 g/mol. The molecule has 2 rings (SSSR count). The summed E-state index contributed by atoms with van der Waals surface area (Å²) in [6, 6.07) is 8.39. The molecule has 0 aliphatic carbocycles. The highest BCUT2D eigenvalue weighted by Crippen LogP contribution is 2.15. The van der Waals surface area contributed by atoms with Crippen molar-refractivity contribution in [3.8, 4) is 11.5 Å². The summed E-state index contributed by atoms with van der Waals surface area (Å²) >= 11 is 0. The summed E-state index contributed by atoms with van der Waals surface area (Å²) < 4.78 is 15.3. The lowest BCUT2D eigenvalue weighted by Crippen LogP contribution is -2.54. The second-order valence-electron chi connectivity index (χ2n) is 9.31. The Labute approximate surface area is 215 Å². The molecule has 0 bridgehead atoms. The van der Waals surface area contributed by atoms with Crippen molar-refractivity contribution in [2.45, 2.75) is 51.3 Å². The van der Waals surface area contributed by atoms with Crippen molar-refractivity contribution in [2.75, 3.05) is 14.2 Å². The SMILES string of the molecule is COC(=O)[C@H](Cc1ccc(O)cc1)NC(=O)[C@H](Cc1ccc(OC)c(B(O)O)c1)NC(=O)OC(C)(C)C. The lowest BCUT2D eigenvalue weighted by molar-refractivity contribution is -0.145. The summed E-state index contributed by atoms with van der Waals surface area (Å²) in [7, 11) is 0.741. The standard InChI is InChI=1S/C25H33BN2O9/c1-25(2,3)37-24(32)28-19(14-16-8-11-21(35-4)18(12-16)26(33)34)22(30)27-20(23(31)36-5)13-15-6-9-17(29)10-7-15/h6-12,19-20,29,33-34H,13-14H2,1-5H3,(H,27,30)(H,28,32)/t19-,20-/m0/s1. The predicted molar refractivity (Wildman–Crippen MR) is 135 cm³/mol. The molecule has 0 aliphatic heterocycles. The number of nitrogens with one attached hydrogen (secondary N) is 2. The number of hydrogen-bond donors (Lipinski definition) is 5. The van der Waals surface area contributed by atoms with E-state index in [1.54, 1.807) is 39.0 Å². The Bertz CT molecular complexity index is 1080. The Kier molecular flexibility index (Phi) is 10.3. The first-order valence-electron chi connectivity index (χ1n) is 11.5. The van der Waals surface area contributed by atoms with E-state index < -0.39 is 42.8 Å². The molecule has 200 valence electrons. The summed E-state index contributed by atoms with van der Waals surface area (Å²) in [6.07, 6.45) is -0.847. The van der Waals surface area contributed by atoms with E-state index in [0.717, 1.165) is 0 Å². The normalized spacial score (nSPS) is 12.6. The molecular weight excluding hydrogens is 483 g/mol. The Morgan fingerprint density at radius 1 is 0.919 bits per heavy atom. The second-order valence-corrected chi connectivity index (χ2v) is 9.31. The van der Waals surface area contributed by atoms with Gasteiger partial charge in [-0.1, -0.05) is 24.3 Å². The van der Waals surface area contributed by atoms with Crippen molar-refractivity contribution in [3.63, 3.8) is 0 Å². The minimum atomic E-state index is -1.82. The van der Waals surface area contributed by atoms with Crippen LogP contribution in [0.25, 0.3) is 0 Å². The third-order valence-electron chi connectivity index (χ3n) is 5.20. The van der Waals surface area contributed by atoms with E-state index in [4.69, 9.17) is 14.2 Å². The maximum absolute atomic E-state index is 13.3. The van der Waals surface area contributed by atoms with Gasteiger partial charge in [-0.2, -0.15) is 0 Å². The molecule has 0 saturated heterocycles. The van der Waals surface area contributed by atoms with E-state index in [0.29, 0.717) is 11.1 Å². The third-order valence-corrected chi connectivity index (χ3v) is 5.20. The van der Waals surface area contributed by atoms with Gasteiger partial charge in [-0.25, -0.2) is 9.59 Å². The zero-order chi connectivity index (χ0) is 27.8. The van der Waals surface area contributed by atoms with Crippen molar-refractivity contribution in [3.05, 3.63) is 53.6 Å². The van der Waals surface area contributed by atoms with E-state index >= 15 is 0 Å². The fraction of sp³-hybridized carbons (Fsp3) is 0.400. The molecule has 0 spiro atoms. The number of amides is 2. The number of carbonyl (C=O) groups is 3. The quantitative estimate of drug-likeness (QED) is 0.222. The number of esters is 1. The van der Waals surface area contributed by atoms with Gasteiger partial charge in [0.05, 0.1) is 14.2 Å². The molecule has 2 atom stereocenters. The Morgan fingerprint density at radius 2 is 1.51 bits per heavy atom. The van der Waals surface area contributed by atoms with Crippen LogP contribution in [0.4, 0.5) is 4.79 Å². The maximum Gasteiger partial charge on any atom is 0.492 e. The lowest BCUT2D eigenvalue weighted by atomic mass is 9.78. The molecule has 0 heterocycles. The van der Waals surface area contributed by atoms with Crippen LogP contribution in [0, 0.1) is 0 Å². The largest absolute Gasteiger partial charge is 0.508 e. The van der Waals surface area contributed by atoms with Crippen LogP contribution in [0.2, 0.25) is 0 Å². The van der Waals surface area contributed by atoms with E-state index in [1.165, 1.54) is 38.5 Å². The zero-order valence-electron chi connectivity index (χ0n) is 21.5. The van der Waals surface area contributed by atoms with E-state index in [9.17, 15) is 29.5 Å². The summed E-state index contributed by atoms with van der Waals surface area (Å²) in [5.74, 6) is -1.11. The minimum Gasteiger partial charge on any atom is -0.508 e. The summed E-state index contributed by atoms with van der Waals surface area (Å²) in [5.41, 5.74) is 0.388. The number of rotatable bonds is 10. The summed E-state index contributed by atoms with van der Waals surface area (Å²) in [4.78, 5) is 38.3. The predicted octanol–water partition coefficient (Wildman–Crippen LogP) is 0.417. The third kappa shape index (κ3) is 9.32. The average Bonchev–Trinajstić information content (AvgIpc) is 2.82. The number of methoxy groups -OCH3 is 2. The van der Waals surface area contributed by atoms with Crippen molar-refractivity contribution in [2.24, 2.45) is 0 Å². The van der Waals surface area contributed by atoms with Gasteiger partial charge in [0.1, 0.15) is 29.2 Å². The topological polar surface area (TPSA) is 164 Å². The molecule has 12 heteroatoms. The van der Waals surface area contributed by atoms with Crippen molar-refractivity contribution < 1.29 is 43.7 Å². The number of hydrogen-bond acceptors (Lipinski definition) is 9. The lowest BCUT2D eigenvalue weighted by Gasteiger charge is -2.25. The van der Waals surface area contributed by atoms with Crippen LogP contribution >= 0.6 is 0 Å². The number of phenolic OH excluding ortho intramolecular Hbond substituents is 1. The van der Waals surface area contributed by atoms with Crippen LogP contribution in [0.5, 0.6) is 11.5 Å². The van der Waals surface area contributed by atoms with Gasteiger partial charge in [-0.15, -0.1) is 0 Å². The molecule has 37 heavy (non-hydrogen) atoms. The zero-order valence-corrected chi connectivity index (χ0v) is 21.5. The van der Waals surface area contributed by atoms with Crippen molar-refractivity contribution >= 4 is 30.6 Å². The van der Waals surface area contributed by atoms with Crippen LogP contribution in [-0.4, -0.2) is 72.1 Å². The van der Waals surface area contributed by atoms with Gasteiger partial charge in [0.25, 0.3) is 0 Å². The second kappa shape index (κ2) is 13.0. The van der Waals surface area contributed by atoms with E-state index in [-0.39, 0.29) is 29.8 Å². The van der Waals surface area contributed by atoms with E-state index in [2.05, 4.69) is 10.6 Å². The molecule has 2 aromatic carbocycles. The van der Waals surface area contributed by atoms with Crippen LogP contribution in [0.15, 0.2) is 42.5 Å². The smallest absolute Gasteiger partial charge is 0.492 e. The number of carbonyl (C=O) groups excluding carboxylic acids is 3. The molecule has 2 amide bonds. The first-order valence-corrected chi connectivity index (χ1v) is 11.5. The highest BCUT2D eigenvalue weighted by molar-refractivity contribution is 6.59. The molecule has 0 aliphatic rings. The molecule has 0 unspecified atom stereocenters. The number of ether oxygens (including phenoxy) is 3. The van der Waals surface area contributed by atoms with Gasteiger partial charge in [-0.3, -0.25) is 4.79 Å². The van der Waals surface area contributed by atoms with Crippen LogP contribution in [0.1, 0.15) is 31.9 Å². The number of benzene rings is 2. The highest BCUT2D eigenvalue weighted by Gasteiger charge is 2.30. The number of phenols is 1. The number of alkyl carbamates (subject to hydrolysis) is 1. The minimum absolute atomic E-state index is 0.0517. The van der Waals surface area contributed by atoms with Gasteiger partial charge in [-0.05, 0) is 50.1 Å². The molecule has 2 aromatic rings. The molecule has 0 fully saturated rings. The molecule has 5 N–H and O–H groups in total. The number of aromatic hydroxyl groups is 1. The molecule has 0 aromatic heterocycles. The molecular formula is C25H33BN2O9. The highest BCUT2D eigenvalue weighted by atomic mass is 16.6. The summed E-state index contributed by atoms with van der Waals surface area (Å²) in [6.45, 7) is 5.01. The van der Waals surface area contributed by atoms with Gasteiger partial charge in [0.2, 0.25) is 5.91 Å². The van der Waals surface area contributed by atoms with Gasteiger partial charge >= 0.3 is 19.2 Å². The van der Waals surface area contributed by atoms with Crippen LogP contribution in [0.3, 0.4) is 0 Å². The van der Waals surface area contributed by atoms with Crippen LogP contribution in [-0.2, 0) is 31.9 Å². The van der Waals surface area contributed by atoms with Gasteiger partial charge in [0.15, 0.2) is 0 Å². The van der Waals surface area contributed by atoms with Crippen LogP contribution < -0.4 is 20.8 Å². The first-order chi connectivity index (χ1) is 17.3. The first kappa shape index (κ1) is 29.5. The molecule has 0 saturated carbocycles. The van der Waals surface area contributed by atoms with E-state index in [1.807, 2.05) is 0 Å². The Hall–Kier alpha value is -3.77. The van der Waals surface area contributed by atoms with Crippen molar-refractivity contribution in [1.29, 1.82) is 0 Å². The molecule has 0 radical (unpaired) electrons. The average molecular weight is 516 g/mol. The summed E-state index contributed by atoms with van der Waals surface area (Å²) in [5, 5.41) is 34.0. The fourth-order valence-corrected chi connectivity index (χ4v) is 3.48. The van der Waals surface area contributed by atoms with Gasteiger partial charge < -0.3 is 40.0 Å². The fourth-order valence-electron chi connectivity index (χ4n) is 3.48. The molecule has 11 nitrogen and oxygen atoms in total.